The first-order valence-electron chi connectivity index (χ1n) is 13.6. The van der Waals surface area contributed by atoms with Crippen molar-refractivity contribution in [2.75, 3.05) is 13.2 Å². The molecule has 4 unspecified atom stereocenters. The summed E-state index contributed by atoms with van der Waals surface area (Å²) in [5.74, 6) is -3.74. The van der Waals surface area contributed by atoms with Crippen LogP contribution in [-0.2, 0) is 33.4 Å². The smallest absolute Gasteiger partial charge is 0.330 e. The number of carboxylic acids is 4. The molecule has 2 aromatic carbocycles. The highest BCUT2D eigenvalue weighted by atomic mass is 16.6. The zero-order chi connectivity index (χ0) is 34.4. The Balaban J connectivity index is 0.000000350. The lowest BCUT2D eigenvalue weighted by molar-refractivity contribution is -0.133. The standard InChI is InChI=1S/C18H16O3.4C4H6O2/c1-2-5-11(6-3-1)12-7-4-8-13-16(12)18-15(21-18)10-19-9-14-17(13)20-14;4*1-3(2)4(5)6/h1-8,14-15,17-18H,9-10H2;4*1H2,2H3,(H,5,6). The van der Waals surface area contributed by atoms with Crippen molar-refractivity contribution < 1.29 is 53.8 Å². The number of carboxylic acid groups (broad SMARTS) is 4. The molecule has 45 heavy (non-hydrogen) atoms. The molecule has 2 saturated heterocycles. The Bertz CT molecular complexity index is 1280. The zero-order valence-electron chi connectivity index (χ0n) is 25.8. The third kappa shape index (κ3) is 13.6. The first-order chi connectivity index (χ1) is 21.0. The minimum absolute atomic E-state index is 0.152. The fraction of sp³-hybridized carbons (Fsp3) is 0.294. The van der Waals surface area contributed by atoms with E-state index >= 15 is 0 Å². The SMILES string of the molecule is C=C(C)C(=O)O.C=C(C)C(=O)O.C=C(C)C(=O)O.C=C(C)C(=O)O.c1ccc(-c2cccc3c2C2OC2COCC2OC32)cc1. The van der Waals surface area contributed by atoms with Crippen molar-refractivity contribution in [3.8, 4) is 11.1 Å². The highest BCUT2D eigenvalue weighted by Gasteiger charge is 2.50. The monoisotopic (exact) mass is 624 g/mol. The second kappa shape index (κ2) is 18.1. The van der Waals surface area contributed by atoms with E-state index in [0.29, 0.717) is 13.2 Å². The van der Waals surface area contributed by atoms with Crippen LogP contribution >= 0.6 is 0 Å². The Hall–Kier alpha value is -4.84. The van der Waals surface area contributed by atoms with Gasteiger partial charge in [-0.3, -0.25) is 0 Å². The average Bonchev–Trinajstić information content (AvgIpc) is 3.91. The molecular weight excluding hydrogens is 584 g/mol. The van der Waals surface area contributed by atoms with Crippen molar-refractivity contribution in [2.24, 2.45) is 0 Å². The maximum atomic E-state index is 9.60. The van der Waals surface area contributed by atoms with E-state index in [2.05, 4.69) is 68.8 Å². The van der Waals surface area contributed by atoms with E-state index in [4.69, 9.17) is 34.6 Å². The zero-order valence-corrected chi connectivity index (χ0v) is 25.8. The molecule has 0 aliphatic carbocycles. The van der Waals surface area contributed by atoms with Crippen molar-refractivity contribution >= 4 is 23.9 Å². The average molecular weight is 625 g/mol. The molecule has 0 radical (unpaired) electrons. The highest BCUT2D eigenvalue weighted by molar-refractivity contribution is 5.86. The fourth-order valence-corrected chi connectivity index (χ4v) is 3.39. The molecule has 0 spiro atoms. The molecule has 11 nitrogen and oxygen atoms in total. The van der Waals surface area contributed by atoms with Gasteiger partial charge >= 0.3 is 23.9 Å². The van der Waals surface area contributed by atoms with E-state index in [1.54, 1.807) is 0 Å². The van der Waals surface area contributed by atoms with Crippen LogP contribution in [0.2, 0.25) is 0 Å². The maximum Gasteiger partial charge on any atom is 0.330 e. The minimum atomic E-state index is -0.935. The molecule has 3 aliphatic heterocycles. The Kier molecular flexibility index (Phi) is 15.3. The molecule has 2 aromatic rings. The van der Waals surface area contributed by atoms with Crippen LogP contribution in [0.25, 0.3) is 11.1 Å². The molecule has 242 valence electrons. The summed E-state index contributed by atoms with van der Waals surface area (Å²) in [5.41, 5.74) is 5.78. The molecule has 0 amide bonds. The van der Waals surface area contributed by atoms with Crippen LogP contribution in [-0.4, -0.2) is 69.7 Å². The van der Waals surface area contributed by atoms with Gasteiger partial charge in [0.25, 0.3) is 0 Å². The third-order valence-electron chi connectivity index (χ3n) is 6.01. The molecule has 11 heteroatoms. The number of rotatable bonds is 5. The van der Waals surface area contributed by atoms with Crippen LogP contribution in [0.15, 0.2) is 97.1 Å². The molecule has 3 aliphatic rings. The summed E-state index contributed by atoms with van der Waals surface area (Å²) < 4.78 is 17.4. The van der Waals surface area contributed by atoms with Crippen LogP contribution in [0.1, 0.15) is 51.0 Å². The summed E-state index contributed by atoms with van der Waals surface area (Å²) in [7, 11) is 0. The summed E-state index contributed by atoms with van der Waals surface area (Å²) in [5, 5.41) is 31.6. The molecule has 2 fully saturated rings. The van der Waals surface area contributed by atoms with Gasteiger partial charge in [-0.2, -0.15) is 0 Å². The van der Waals surface area contributed by atoms with E-state index in [1.807, 2.05) is 6.07 Å². The van der Waals surface area contributed by atoms with Gasteiger partial charge in [0.1, 0.15) is 24.4 Å². The Morgan fingerprint density at radius 3 is 1.38 bits per heavy atom. The number of hydrogen-bond acceptors (Lipinski definition) is 7. The van der Waals surface area contributed by atoms with Crippen LogP contribution in [0.4, 0.5) is 0 Å². The minimum Gasteiger partial charge on any atom is -0.478 e. The molecule has 4 atom stereocenters. The number of ether oxygens (including phenoxy) is 3. The van der Waals surface area contributed by atoms with Crippen molar-refractivity contribution in [3.63, 3.8) is 0 Å². The predicted molar refractivity (Wildman–Crippen MR) is 168 cm³/mol. The van der Waals surface area contributed by atoms with Gasteiger partial charge in [-0.05, 0) is 49.9 Å². The highest BCUT2D eigenvalue weighted by Crippen LogP contribution is 2.51. The molecular formula is C34H40O11. The number of epoxide rings is 2. The fourth-order valence-electron chi connectivity index (χ4n) is 3.39. The van der Waals surface area contributed by atoms with Gasteiger partial charge in [0.05, 0.1) is 13.2 Å². The van der Waals surface area contributed by atoms with Crippen LogP contribution in [0.5, 0.6) is 0 Å². The van der Waals surface area contributed by atoms with Gasteiger partial charge in [0.15, 0.2) is 0 Å². The predicted octanol–water partition coefficient (Wildman–Crippen LogP) is 5.85. The van der Waals surface area contributed by atoms with Gasteiger partial charge in [-0.15, -0.1) is 0 Å². The van der Waals surface area contributed by atoms with Crippen molar-refractivity contribution in [1.29, 1.82) is 0 Å². The van der Waals surface area contributed by atoms with E-state index in [-0.39, 0.29) is 46.7 Å². The lowest BCUT2D eigenvalue weighted by Gasteiger charge is -2.12. The van der Waals surface area contributed by atoms with E-state index in [1.165, 1.54) is 49.9 Å². The Labute approximate surface area is 262 Å². The van der Waals surface area contributed by atoms with Gasteiger partial charge < -0.3 is 34.6 Å². The van der Waals surface area contributed by atoms with E-state index in [9.17, 15) is 19.2 Å². The maximum absolute atomic E-state index is 9.60. The molecule has 0 aromatic heterocycles. The van der Waals surface area contributed by atoms with Crippen molar-refractivity contribution in [3.05, 3.63) is 108 Å². The molecule has 5 rings (SSSR count). The summed E-state index contributed by atoms with van der Waals surface area (Å²) in [6.07, 6.45) is 0.740. The van der Waals surface area contributed by atoms with Gasteiger partial charge in [-0.1, -0.05) is 74.8 Å². The number of fused-ring (bicyclic) bond motifs is 5. The van der Waals surface area contributed by atoms with Crippen LogP contribution in [0, 0.1) is 0 Å². The molecule has 0 bridgehead atoms. The first kappa shape index (κ1) is 38.2. The van der Waals surface area contributed by atoms with E-state index < -0.39 is 23.9 Å². The van der Waals surface area contributed by atoms with Gasteiger partial charge in [0.2, 0.25) is 0 Å². The quantitative estimate of drug-likeness (QED) is 0.231. The van der Waals surface area contributed by atoms with Crippen molar-refractivity contribution in [1.82, 2.24) is 0 Å². The molecule has 0 saturated carbocycles. The second-order valence-corrected chi connectivity index (χ2v) is 10.2. The Morgan fingerprint density at radius 1 is 0.600 bits per heavy atom. The summed E-state index contributed by atoms with van der Waals surface area (Å²) in [6.45, 7) is 19.7. The number of hydrogen-bond donors (Lipinski definition) is 4. The normalized spacial score (nSPS) is 19.3. The molecule has 3 heterocycles. The topological polar surface area (TPSA) is 183 Å². The third-order valence-corrected chi connectivity index (χ3v) is 6.01. The number of carbonyl (C=O) groups is 4. The van der Waals surface area contributed by atoms with Gasteiger partial charge in [0, 0.05) is 22.3 Å². The Morgan fingerprint density at radius 2 is 0.978 bits per heavy atom. The summed E-state index contributed by atoms with van der Waals surface area (Å²) in [4.78, 5) is 38.4. The van der Waals surface area contributed by atoms with Crippen LogP contribution < -0.4 is 0 Å². The first-order valence-corrected chi connectivity index (χ1v) is 13.6. The van der Waals surface area contributed by atoms with Crippen LogP contribution in [0.3, 0.4) is 0 Å². The number of aliphatic carboxylic acids is 4. The van der Waals surface area contributed by atoms with Crippen molar-refractivity contribution in [2.45, 2.75) is 52.1 Å². The summed E-state index contributed by atoms with van der Waals surface area (Å²) >= 11 is 0. The second-order valence-electron chi connectivity index (χ2n) is 10.2. The lowest BCUT2D eigenvalue weighted by atomic mass is 9.90. The summed E-state index contributed by atoms with van der Waals surface area (Å²) in [6, 6.07) is 17.0. The number of benzene rings is 2. The molecule has 4 N–H and O–H groups in total. The lowest BCUT2D eigenvalue weighted by Crippen LogP contribution is -2.06. The van der Waals surface area contributed by atoms with E-state index in [0.717, 1.165) is 0 Å². The van der Waals surface area contributed by atoms with Gasteiger partial charge in [-0.25, -0.2) is 19.2 Å². The largest absolute Gasteiger partial charge is 0.478 e.